The van der Waals surface area contributed by atoms with Crippen LogP contribution in [0.2, 0.25) is 0 Å². The van der Waals surface area contributed by atoms with Crippen molar-refractivity contribution in [2.75, 3.05) is 17.2 Å². The molecule has 15 nitrogen and oxygen atoms in total. The number of aliphatic hydroxyl groups excluding tert-OH is 1. The van der Waals surface area contributed by atoms with Crippen LogP contribution < -0.4 is 30.7 Å². The highest BCUT2D eigenvalue weighted by atomic mass is 31.2. The Labute approximate surface area is 273 Å². The van der Waals surface area contributed by atoms with E-state index in [9.17, 15) is 24.1 Å². The van der Waals surface area contributed by atoms with Crippen molar-refractivity contribution in [3.8, 4) is 11.5 Å². The number of fused-ring (bicyclic) bond motifs is 1. The molecule has 3 unspecified atom stereocenters. The van der Waals surface area contributed by atoms with Gasteiger partial charge in [-0.1, -0.05) is 18.2 Å². The van der Waals surface area contributed by atoms with E-state index < -0.39 is 68.4 Å². The third-order valence-electron chi connectivity index (χ3n) is 7.04. The van der Waals surface area contributed by atoms with E-state index in [1.165, 1.54) is 25.1 Å². The molecule has 1 fully saturated rings. The number of aromatic nitrogens is 2. The normalized spacial score (nSPS) is 22.9. The number of ether oxygens (including phenoxy) is 3. The molecule has 5 rings (SSSR count). The second-order valence-corrected chi connectivity index (χ2v) is 12.9. The molecule has 3 aromatic rings. The number of para-hydroxylation sites is 1. The van der Waals surface area contributed by atoms with Crippen LogP contribution in [0.1, 0.15) is 44.3 Å². The van der Waals surface area contributed by atoms with Gasteiger partial charge in [-0.15, -0.1) is 0 Å². The van der Waals surface area contributed by atoms with Crippen LogP contribution in [0.25, 0.3) is 0 Å². The van der Waals surface area contributed by atoms with Crippen molar-refractivity contribution in [2.24, 2.45) is 0 Å². The van der Waals surface area contributed by atoms with Crippen molar-refractivity contribution in [2.45, 2.75) is 70.4 Å². The topological polar surface area (TPSA) is 189 Å². The lowest BCUT2D eigenvalue weighted by Crippen LogP contribution is -2.42. The zero-order valence-electron chi connectivity index (χ0n) is 26.2. The lowest BCUT2D eigenvalue weighted by molar-refractivity contribution is -0.149. The van der Waals surface area contributed by atoms with E-state index in [4.69, 9.17) is 23.3 Å². The van der Waals surface area contributed by atoms with Crippen molar-refractivity contribution >= 4 is 31.1 Å². The van der Waals surface area contributed by atoms with Gasteiger partial charge in [0.2, 0.25) is 6.23 Å². The van der Waals surface area contributed by atoms with Crippen LogP contribution in [0.4, 0.5) is 20.3 Å². The fraction of sp³-hybridized carbons (Fsp3) is 0.400. The number of nitrogens with zero attached hydrogens (tertiary/aromatic N) is 2. The molecule has 2 aliphatic heterocycles. The number of carbonyl (C=O) groups is 2. The molecule has 1 amide bonds. The lowest BCUT2D eigenvalue weighted by Gasteiger charge is -2.25. The molecule has 18 heteroatoms. The summed E-state index contributed by atoms with van der Waals surface area (Å²) in [6.45, 7) is 5.45. The number of aliphatic hydroxyl groups is 1. The molecule has 0 saturated carbocycles. The molecule has 1 saturated heterocycles. The van der Waals surface area contributed by atoms with Crippen LogP contribution in [0.5, 0.6) is 11.5 Å². The first-order valence-corrected chi connectivity index (χ1v) is 16.4. The van der Waals surface area contributed by atoms with Crippen LogP contribution in [-0.2, 0) is 23.4 Å². The minimum absolute atomic E-state index is 0.0649. The Kier molecular flexibility index (Phi) is 10.2. The summed E-state index contributed by atoms with van der Waals surface area (Å²) in [7, 11) is -4.49. The third kappa shape index (κ3) is 7.82. The van der Waals surface area contributed by atoms with Crippen LogP contribution in [0.15, 0.2) is 65.6 Å². The lowest BCUT2D eigenvalue weighted by atomic mass is 10.1. The van der Waals surface area contributed by atoms with Gasteiger partial charge in [0.1, 0.15) is 29.5 Å². The van der Waals surface area contributed by atoms with Gasteiger partial charge in [-0.3, -0.25) is 18.7 Å². The number of rotatable bonds is 12. The minimum Gasteiger partial charge on any atom is -0.469 e. The van der Waals surface area contributed by atoms with Crippen molar-refractivity contribution in [3.05, 3.63) is 76.8 Å². The smallest absolute Gasteiger partial charge is 0.459 e. The van der Waals surface area contributed by atoms with Crippen molar-refractivity contribution in [3.63, 3.8) is 0 Å². The summed E-state index contributed by atoms with van der Waals surface area (Å²) >= 11 is 0. The first-order chi connectivity index (χ1) is 22.6. The predicted octanol–water partition coefficient (Wildman–Crippen LogP) is 3.67. The van der Waals surface area contributed by atoms with Crippen molar-refractivity contribution in [1.29, 1.82) is 0 Å². The van der Waals surface area contributed by atoms with Gasteiger partial charge in [-0.25, -0.2) is 9.36 Å². The van der Waals surface area contributed by atoms with Crippen LogP contribution in [0.3, 0.4) is 0 Å². The second kappa shape index (κ2) is 14.0. The monoisotopic (exact) mass is 693 g/mol. The summed E-state index contributed by atoms with van der Waals surface area (Å²) in [4.78, 5) is 41.7. The summed E-state index contributed by atoms with van der Waals surface area (Å²) < 4.78 is 71.6. The van der Waals surface area contributed by atoms with Gasteiger partial charge in [0, 0.05) is 11.8 Å². The molecule has 258 valence electrons. The predicted molar refractivity (Wildman–Crippen MR) is 166 cm³/mol. The molecule has 48 heavy (non-hydrogen) atoms. The van der Waals surface area contributed by atoms with E-state index in [-0.39, 0.29) is 23.4 Å². The SMILES string of the molecule is CC(C)OC(=O)[C@@H](C)NP(=O)(OC[C@H]1OC(n2ccc(NC(=O)c3ccc4c(c3)NC(C)O4)nc2=O)C(F)(F)[C@@H]1O)Oc1ccccc1. The van der Waals surface area contributed by atoms with E-state index in [2.05, 4.69) is 20.7 Å². The standard InChI is InChI=1S/C30H34F2N5O10P/c1-16(2)44-27(40)17(3)36-48(42,47-20-8-6-5-7-9-20)43-15-23-25(38)30(31,32)28(46-23)37-13-12-24(35-29(37)41)34-26(39)19-10-11-22-21(14-19)33-18(4)45-22/h5-14,16-18,23,25,28,33,38H,15H2,1-4H3,(H,36,42)(H,34,35,39,41)/t17-,18?,23-,25-,28?,48?/m1/s1. The average Bonchev–Trinajstić information content (AvgIpc) is 3.50. The van der Waals surface area contributed by atoms with Gasteiger partial charge in [-0.2, -0.15) is 18.9 Å². The molecule has 6 atom stereocenters. The summed E-state index contributed by atoms with van der Waals surface area (Å²) in [6, 6.07) is 12.3. The highest BCUT2D eigenvalue weighted by molar-refractivity contribution is 7.52. The fourth-order valence-electron chi connectivity index (χ4n) is 4.79. The summed E-state index contributed by atoms with van der Waals surface area (Å²) in [5.41, 5.74) is -0.407. The van der Waals surface area contributed by atoms with E-state index in [1.807, 2.05) is 0 Å². The maximum atomic E-state index is 15.3. The Balaban J connectivity index is 1.28. The molecule has 0 bridgehead atoms. The number of anilines is 2. The Bertz CT molecular complexity index is 1760. The van der Waals surface area contributed by atoms with Gasteiger partial charge < -0.3 is 34.5 Å². The molecule has 1 aromatic heterocycles. The first kappa shape index (κ1) is 34.9. The Hall–Kier alpha value is -4.41. The quantitative estimate of drug-likeness (QED) is 0.159. The molecule has 0 aliphatic carbocycles. The number of carbonyl (C=O) groups excluding carboxylic acids is 2. The van der Waals surface area contributed by atoms with Gasteiger partial charge in [0.15, 0.2) is 12.3 Å². The number of halogens is 2. The van der Waals surface area contributed by atoms with Crippen LogP contribution in [-0.4, -0.2) is 69.6 Å². The van der Waals surface area contributed by atoms with Gasteiger partial charge >= 0.3 is 25.3 Å². The molecule has 4 N–H and O–H groups in total. The minimum atomic E-state index is -4.49. The Morgan fingerprint density at radius 1 is 1.17 bits per heavy atom. The molecular weight excluding hydrogens is 659 g/mol. The maximum Gasteiger partial charge on any atom is 0.459 e. The van der Waals surface area contributed by atoms with Crippen molar-refractivity contribution in [1.82, 2.24) is 14.6 Å². The van der Waals surface area contributed by atoms with E-state index >= 15 is 8.78 Å². The highest BCUT2D eigenvalue weighted by Gasteiger charge is 2.60. The number of nitrogens with one attached hydrogen (secondary N) is 3. The first-order valence-electron chi connectivity index (χ1n) is 14.8. The zero-order valence-corrected chi connectivity index (χ0v) is 27.1. The average molecular weight is 694 g/mol. The summed E-state index contributed by atoms with van der Waals surface area (Å²) in [5.74, 6) is -5.05. The molecule has 2 aromatic carbocycles. The molecule has 2 aliphatic rings. The number of alkyl halides is 2. The zero-order chi connectivity index (χ0) is 34.8. The van der Waals surface area contributed by atoms with Gasteiger partial charge in [0.05, 0.1) is 18.4 Å². The Morgan fingerprint density at radius 2 is 1.90 bits per heavy atom. The van der Waals surface area contributed by atoms with Crippen LogP contribution >= 0.6 is 7.75 Å². The maximum absolute atomic E-state index is 15.3. The third-order valence-corrected chi connectivity index (χ3v) is 8.69. The van der Waals surface area contributed by atoms with E-state index in [0.29, 0.717) is 16.0 Å². The summed E-state index contributed by atoms with van der Waals surface area (Å²) in [5, 5.41) is 18.4. The molecule has 3 heterocycles. The highest BCUT2D eigenvalue weighted by Crippen LogP contribution is 2.48. The van der Waals surface area contributed by atoms with E-state index in [1.54, 1.807) is 51.1 Å². The largest absolute Gasteiger partial charge is 0.469 e. The number of hydrogen-bond acceptors (Lipinski definition) is 12. The van der Waals surface area contributed by atoms with Gasteiger partial charge in [0.25, 0.3) is 5.91 Å². The Morgan fingerprint density at radius 3 is 2.58 bits per heavy atom. The van der Waals surface area contributed by atoms with Crippen LogP contribution in [0, 0.1) is 0 Å². The number of benzene rings is 2. The van der Waals surface area contributed by atoms with E-state index in [0.717, 1.165) is 12.3 Å². The fourth-order valence-corrected chi connectivity index (χ4v) is 6.29. The number of amides is 1. The number of esters is 1. The molecule has 0 radical (unpaired) electrons. The molecular formula is C30H34F2N5O10P. The van der Waals surface area contributed by atoms with Crippen molar-refractivity contribution < 1.29 is 51.3 Å². The molecule has 0 spiro atoms. The second-order valence-electron chi connectivity index (χ2n) is 11.3. The van der Waals surface area contributed by atoms with Gasteiger partial charge in [-0.05, 0) is 64.1 Å². The number of hydrogen-bond donors (Lipinski definition) is 4. The summed E-state index contributed by atoms with van der Waals surface area (Å²) in [6.07, 6.45) is -6.53.